The number of rotatable bonds is 6. The third kappa shape index (κ3) is 5.46. The van der Waals surface area contributed by atoms with Gasteiger partial charge in [0.2, 0.25) is 0 Å². The summed E-state index contributed by atoms with van der Waals surface area (Å²) >= 11 is 0. The number of hydrogen-bond donors (Lipinski definition) is 2. The van der Waals surface area contributed by atoms with Crippen molar-refractivity contribution in [2.45, 2.75) is 19.1 Å². The summed E-state index contributed by atoms with van der Waals surface area (Å²) < 4.78 is 40.8. The largest absolute Gasteiger partial charge is 0.432 e. The third-order valence-electron chi connectivity index (χ3n) is 4.49. The van der Waals surface area contributed by atoms with Gasteiger partial charge in [0.25, 0.3) is 5.91 Å². The minimum atomic E-state index is -4.56. The van der Waals surface area contributed by atoms with E-state index in [1.165, 1.54) is 30.5 Å². The van der Waals surface area contributed by atoms with Gasteiger partial charge in [0.1, 0.15) is 5.70 Å². The molecule has 1 atom stereocenters. The Labute approximate surface area is 177 Å². The molecule has 1 aromatic carbocycles. The molecule has 2 heterocycles. The van der Waals surface area contributed by atoms with Crippen LogP contribution in [-0.4, -0.2) is 29.8 Å². The summed E-state index contributed by atoms with van der Waals surface area (Å²) in [7, 11) is 0. The molecular weight excluding hydrogens is 407 g/mol. The first-order valence-corrected chi connectivity index (χ1v) is 9.25. The maximum atomic E-state index is 13.6. The lowest BCUT2D eigenvalue weighted by Gasteiger charge is -2.25. The fourth-order valence-electron chi connectivity index (χ4n) is 2.91. The first kappa shape index (κ1) is 22.0. The number of allylic oxidation sites excluding steroid dienone is 3. The Bertz CT molecular complexity index is 1030. The summed E-state index contributed by atoms with van der Waals surface area (Å²) in [4.78, 5) is 19.8. The fraction of sp³-hybridized carbons (Fsp3) is 0.136. The monoisotopic (exact) mass is 427 g/mol. The zero-order valence-corrected chi connectivity index (χ0v) is 16.6. The number of pyridine rings is 1. The van der Waals surface area contributed by atoms with E-state index in [4.69, 9.17) is 0 Å². The van der Waals surface area contributed by atoms with Crippen LogP contribution in [0.25, 0.3) is 0 Å². The average molecular weight is 427 g/mol. The number of carbonyl (C=O) groups is 1. The number of anilines is 2. The number of carbonyl (C=O) groups excluding carboxylic acids is 1. The summed E-state index contributed by atoms with van der Waals surface area (Å²) in [6.45, 7) is 5.03. The number of hydrazine groups is 1. The SMILES string of the molecule is C=N/C=C\C=C(/C)C1C=C(C(F)(F)F)N(c2ccc(C(=O)Nc3ccncc3)cc2)N1. The molecule has 9 heteroatoms. The number of nitrogens with one attached hydrogen (secondary N) is 2. The lowest BCUT2D eigenvalue weighted by atomic mass is 10.1. The van der Waals surface area contributed by atoms with Gasteiger partial charge in [0.15, 0.2) is 0 Å². The summed E-state index contributed by atoms with van der Waals surface area (Å²) in [6, 6.07) is 8.47. The van der Waals surface area contributed by atoms with Gasteiger partial charge < -0.3 is 5.32 Å². The summed E-state index contributed by atoms with van der Waals surface area (Å²) in [5, 5.41) is 3.68. The Morgan fingerprint density at radius 1 is 1.23 bits per heavy atom. The second kappa shape index (κ2) is 9.40. The zero-order chi connectivity index (χ0) is 22.4. The maximum Gasteiger partial charge on any atom is 0.432 e. The number of hydrogen-bond acceptors (Lipinski definition) is 5. The maximum absolute atomic E-state index is 13.6. The molecule has 0 spiro atoms. The van der Waals surface area contributed by atoms with Crippen LogP contribution in [0.1, 0.15) is 17.3 Å². The molecule has 0 saturated heterocycles. The molecule has 0 bridgehead atoms. The number of halogens is 3. The highest BCUT2D eigenvalue weighted by atomic mass is 19.4. The molecule has 6 nitrogen and oxygen atoms in total. The van der Waals surface area contributed by atoms with Gasteiger partial charge in [-0.3, -0.25) is 19.8 Å². The van der Waals surface area contributed by atoms with Crippen LogP contribution in [0.4, 0.5) is 24.5 Å². The number of nitrogens with zero attached hydrogens (tertiary/aromatic N) is 3. The lowest BCUT2D eigenvalue weighted by molar-refractivity contribution is -0.0931. The number of alkyl halides is 3. The highest BCUT2D eigenvalue weighted by Gasteiger charge is 2.43. The van der Waals surface area contributed by atoms with E-state index in [1.54, 1.807) is 43.6 Å². The number of benzene rings is 1. The molecule has 160 valence electrons. The van der Waals surface area contributed by atoms with Gasteiger partial charge in [-0.1, -0.05) is 11.6 Å². The predicted octanol–water partition coefficient (Wildman–Crippen LogP) is 4.63. The van der Waals surface area contributed by atoms with Crippen LogP contribution in [0.2, 0.25) is 0 Å². The van der Waals surface area contributed by atoms with Gasteiger partial charge in [-0.15, -0.1) is 0 Å². The van der Waals surface area contributed by atoms with Crippen molar-refractivity contribution in [3.8, 4) is 0 Å². The topological polar surface area (TPSA) is 69.6 Å². The summed E-state index contributed by atoms with van der Waals surface area (Å²) in [5.41, 5.74) is 3.81. The van der Waals surface area contributed by atoms with Gasteiger partial charge in [-0.05, 0) is 62.2 Å². The van der Waals surface area contributed by atoms with Crippen molar-refractivity contribution in [2.75, 3.05) is 10.3 Å². The predicted molar refractivity (Wildman–Crippen MR) is 115 cm³/mol. The molecule has 3 rings (SSSR count). The summed E-state index contributed by atoms with van der Waals surface area (Å²) in [6.07, 6.45) is 4.35. The van der Waals surface area contributed by atoms with Crippen LogP contribution in [0.5, 0.6) is 0 Å². The van der Waals surface area contributed by atoms with Crippen LogP contribution in [-0.2, 0) is 0 Å². The minimum Gasteiger partial charge on any atom is -0.322 e. The Morgan fingerprint density at radius 3 is 2.52 bits per heavy atom. The van der Waals surface area contributed by atoms with E-state index in [2.05, 4.69) is 27.4 Å². The number of aliphatic imine (C=N–C) groups is 1. The molecule has 31 heavy (non-hydrogen) atoms. The van der Waals surface area contributed by atoms with E-state index in [9.17, 15) is 18.0 Å². The van der Waals surface area contributed by atoms with E-state index >= 15 is 0 Å². The van der Waals surface area contributed by atoms with Crippen LogP contribution in [0, 0.1) is 0 Å². The second-order valence-corrected chi connectivity index (χ2v) is 6.66. The van der Waals surface area contributed by atoms with E-state index < -0.39 is 17.9 Å². The second-order valence-electron chi connectivity index (χ2n) is 6.66. The molecule has 0 aliphatic carbocycles. The molecule has 0 saturated carbocycles. The Kier molecular flexibility index (Phi) is 6.66. The fourth-order valence-corrected chi connectivity index (χ4v) is 2.91. The average Bonchev–Trinajstić information content (AvgIpc) is 3.21. The normalized spacial score (nSPS) is 17.0. The first-order chi connectivity index (χ1) is 14.8. The zero-order valence-electron chi connectivity index (χ0n) is 16.6. The number of aromatic nitrogens is 1. The molecule has 1 aromatic heterocycles. The first-order valence-electron chi connectivity index (χ1n) is 9.25. The lowest BCUT2D eigenvalue weighted by Crippen LogP contribution is -2.40. The van der Waals surface area contributed by atoms with Crippen LogP contribution < -0.4 is 15.8 Å². The van der Waals surface area contributed by atoms with Crippen molar-refractivity contribution in [3.63, 3.8) is 0 Å². The third-order valence-corrected chi connectivity index (χ3v) is 4.49. The van der Waals surface area contributed by atoms with Crippen molar-refractivity contribution < 1.29 is 18.0 Å². The van der Waals surface area contributed by atoms with E-state index in [-0.39, 0.29) is 11.6 Å². The number of amides is 1. The van der Waals surface area contributed by atoms with Crippen LogP contribution >= 0.6 is 0 Å². The van der Waals surface area contributed by atoms with Crippen molar-refractivity contribution in [1.29, 1.82) is 0 Å². The van der Waals surface area contributed by atoms with E-state index in [0.717, 1.165) is 11.1 Å². The van der Waals surface area contributed by atoms with E-state index in [0.29, 0.717) is 16.8 Å². The molecule has 1 aliphatic heterocycles. The molecule has 0 radical (unpaired) electrons. The van der Waals surface area contributed by atoms with Gasteiger partial charge in [-0.25, -0.2) is 5.43 Å². The van der Waals surface area contributed by atoms with Crippen molar-refractivity contribution in [1.82, 2.24) is 10.4 Å². The van der Waals surface area contributed by atoms with Gasteiger partial charge in [0.05, 0.1) is 11.7 Å². The molecule has 2 aromatic rings. The van der Waals surface area contributed by atoms with Gasteiger partial charge >= 0.3 is 6.18 Å². The van der Waals surface area contributed by atoms with Crippen molar-refractivity contribution in [2.24, 2.45) is 4.99 Å². The molecule has 1 unspecified atom stereocenters. The van der Waals surface area contributed by atoms with Gasteiger partial charge in [-0.2, -0.15) is 13.2 Å². The smallest absolute Gasteiger partial charge is 0.322 e. The molecule has 1 aliphatic rings. The Hall–Kier alpha value is -3.72. The van der Waals surface area contributed by atoms with Crippen LogP contribution in [0.15, 0.2) is 89.5 Å². The molecular formula is C22H20F3N5O. The Balaban J connectivity index is 1.80. The van der Waals surface area contributed by atoms with Crippen LogP contribution in [0.3, 0.4) is 0 Å². The van der Waals surface area contributed by atoms with Crippen molar-refractivity contribution in [3.05, 3.63) is 90.1 Å². The standard InChI is InChI=1S/C22H20F3N5O/c1-15(4-3-11-26-2)19-14-20(22(23,24)25)30(29-19)18-7-5-16(6-8-18)21(31)28-17-9-12-27-13-10-17/h3-14,19,29H,2H2,1H3,(H,27,28,31)/b11-3-,15-4+. The quantitative estimate of drug-likeness (QED) is 0.521. The highest BCUT2D eigenvalue weighted by molar-refractivity contribution is 6.04. The molecule has 0 fully saturated rings. The van der Waals surface area contributed by atoms with Gasteiger partial charge in [0, 0.05) is 29.8 Å². The molecule has 2 N–H and O–H groups in total. The Morgan fingerprint density at radius 2 is 1.90 bits per heavy atom. The summed E-state index contributed by atoms with van der Waals surface area (Å²) in [5.74, 6) is -0.377. The highest BCUT2D eigenvalue weighted by Crippen LogP contribution is 2.35. The van der Waals surface area contributed by atoms with E-state index in [1.807, 2.05) is 0 Å². The van der Waals surface area contributed by atoms with Crippen molar-refractivity contribution >= 4 is 24.0 Å². The minimum absolute atomic E-state index is 0.252. The molecule has 1 amide bonds.